The third-order valence-electron chi connectivity index (χ3n) is 3.75. The van der Waals surface area contributed by atoms with Gasteiger partial charge in [0, 0.05) is 6.54 Å². The van der Waals surface area contributed by atoms with Gasteiger partial charge in [0.2, 0.25) is 0 Å². The van der Waals surface area contributed by atoms with E-state index in [0.29, 0.717) is 5.56 Å². The van der Waals surface area contributed by atoms with Crippen molar-refractivity contribution >= 4 is 5.97 Å². The Kier molecular flexibility index (Phi) is 6.16. The maximum atomic E-state index is 10.8. The van der Waals surface area contributed by atoms with E-state index in [2.05, 4.69) is 36.2 Å². The lowest BCUT2D eigenvalue weighted by atomic mass is 10.1. The summed E-state index contributed by atoms with van der Waals surface area (Å²) in [5.41, 5.74) is 2.89. The van der Waals surface area contributed by atoms with Gasteiger partial charge in [-0.1, -0.05) is 42.5 Å². The fraction of sp³-hybridized carbons (Fsp3) is 0.316. The van der Waals surface area contributed by atoms with Crippen molar-refractivity contribution in [2.45, 2.75) is 25.8 Å². The lowest BCUT2D eigenvalue weighted by Crippen LogP contribution is -2.19. The molecule has 0 radical (unpaired) electrons. The summed E-state index contributed by atoms with van der Waals surface area (Å²) < 4.78 is 0. The van der Waals surface area contributed by atoms with Crippen LogP contribution in [0.3, 0.4) is 0 Å². The Morgan fingerprint density at radius 2 is 1.64 bits per heavy atom. The molecule has 2 rings (SSSR count). The Morgan fingerprint density at radius 3 is 2.27 bits per heavy atom. The highest BCUT2D eigenvalue weighted by Gasteiger charge is 2.04. The van der Waals surface area contributed by atoms with Gasteiger partial charge in [-0.25, -0.2) is 4.79 Å². The van der Waals surface area contributed by atoms with Crippen LogP contribution in [0.15, 0.2) is 54.6 Å². The summed E-state index contributed by atoms with van der Waals surface area (Å²) in [7, 11) is 2.10. The summed E-state index contributed by atoms with van der Waals surface area (Å²) in [6, 6.07) is 17.7. The number of carboxylic acids is 1. The Balaban J connectivity index is 1.69. The molecule has 0 saturated heterocycles. The maximum absolute atomic E-state index is 10.8. The molecule has 3 nitrogen and oxygen atoms in total. The molecule has 2 aromatic carbocycles. The zero-order valence-electron chi connectivity index (χ0n) is 13.0. The quantitative estimate of drug-likeness (QED) is 0.753. The molecule has 0 aliphatic carbocycles. The lowest BCUT2D eigenvalue weighted by molar-refractivity contribution is 0.0697. The van der Waals surface area contributed by atoms with Crippen molar-refractivity contribution in [3.05, 3.63) is 71.3 Å². The minimum Gasteiger partial charge on any atom is -0.478 e. The molecule has 0 amide bonds. The van der Waals surface area contributed by atoms with E-state index in [1.807, 2.05) is 18.2 Å². The summed E-state index contributed by atoms with van der Waals surface area (Å²) in [5, 5.41) is 8.88. The third-order valence-corrected chi connectivity index (χ3v) is 3.75. The Hall–Kier alpha value is -2.13. The van der Waals surface area contributed by atoms with Crippen molar-refractivity contribution in [3.63, 3.8) is 0 Å². The Labute approximate surface area is 132 Å². The molecule has 22 heavy (non-hydrogen) atoms. The maximum Gasteiger partial charge on any atom is 0.335 e. The van der Waals surface area contributed by atoms with Crippen molar-refractivity contribution in [3.8, 4) is 0 Å². The van der Waals surface area contributed by atoms with Crippen LogP contribution in [-0.4, -0.2) is 29.6 Å². The Bertz CT molecular complexity index is 578. The largest absolute Gasteiger partial charge is 0.478 e. The van der Waals surface area contributed by atoms with Gasteiger partial charge in [0.15, 0.2) is 0 Å². The summed E-state index contributed by atoms with van der Waals surface area (Å²) in [5.74, 6) is -0.874. The highest BCUT2D eigenvalue weighted by Crippen LogP contribution is 2.09. The second-order valence-corrected chi connectivity index (χ2v) is 5.68. The summed E-state index contributed by atoms with van der Waals surface area (Å²) in [6.07, 6.45) is 3.48. The molecule has 0 saturated carbocycles. The molecule has 0 atom stereocenters. The predicted molar refractivity (Wildman–Crippen MR) is 89.1 cm³/mol. The first-order valence-electron chi connectivity index (χ1n) is 7.70. The summed E-state index contributed by atoms with van der Waals surface area (Å²) in [4.78, 5) is 13.1. The van der Waals surface area contributed by atoms with Crippen LogP contribution in [0.4, 0.5) is 0 Å². The molecule has 0 spiro atoms. The first-order valence-corrected chi connectivity index (χ1v) is 7.70. The molecule has 0 fully saturated rings. The molecule has 0 heterocycles. The van der Waals surface area contributed by atoms with Crippen LogP contribution < -0.4 is 0 Å². The van der Waals surface area contributed by atoms with E-state index in [9.17, 15) is 4.79 Å². The van der Waals surface area contributed by atoms with Gasteiger partial charge in [-0.2, -0.15) is 0 Å². The molecule has 0 bridgehead atoms. The molecule has 0 aliphatic heterocycles. The number of unbranched alkanes of at least 4 members (excludes halogenated alkanes) is 1. The van der Waals surface area contributed by atoms with E-state index in [1.165, 1.54) is 18.4 Å². The van der Waals surface area contributed by atoms with Crippen molar-refractivity contribution in [1.82, 2.24) is 4.90 Å². The van der Waals surface area contributed by atoms with Gasteiger partial charge in [-0.15, -0.1) is 0 Å². The second-order valence-electron chi connectivity index (χ2n) is 5.68. The molecular formula is C19H23NO2. The molecule has 1 N–H and O–H groups in total. The smallest absolute Gasteiger partial charge is 0.335 e. The van der Waals surface area contributed by atoms with Gasteiger partial charge >= 0.3 is 5.97 Å². The minimum atomic E-state index is -0.874. The number of aryl methyl sites for hydroxylation is 1. The van der Waals surface area contributed by atoms with Gasteiger partial charge in [-0.05, 0) is 56.1 Å². The van der Waals surface area contributed by atoms with Gasteiger partial charge < -0.3 is 10.0 Å². The first kappa shape index (κ1) is 16.2. The number of hydrogen-bond donors (Lipinski definition) is 1. The van der Waals surface area contributed by atoms with Gasteiger partial charge in [0.1, 0.15) is 0 Å². The molecule has 3 heteroatoms. The van der Waals surface area contributed by atoms with Crippen LogP contribution in [-0.2, 0) is 13.0 Å². The average molecular weight is 297 g/mol. The highest BCUT2D eigenvalue weighted by atomic mass is 16.4. The average Bonchev–Trinajstić information content (AvgIpc) is 2.53. The van der Waals surface area contributed by atoms with Crippen molar-refractivity contribution in [2.24, 2.45) is 0 Å². The second kappa shape index (κ2) is 8.35. The molecule has 0 aliphatic rings. The Morgan fingerprint density at radius 1 is 0.955 bits per heavy atom. The van der Waals surface area contributed by atoms with Crippen molar-refractivity contribution < 1.29 is 9.90 Å². The lowest BCUT2D eigenvalue weighted by Gasteiger charge is -2.16. The monoisotopic (exact) mass is 297 g/mol. The fourth-order valence-corrected chi connectivity index (χ4v) is 2.50. The normalized spacial score (nSPS) is 10.8. The van der Waals surface area contributed by atoms with E-state index in [-0.39, 0.29) is 0 Å². The summed E-state index contributed by atoms with van der Waals surface area (Å²) in [6.45, 7) is 1.90. The van der Waals surface area contributed by atoms with Gasteiger partial charge in [0.05, 0.1) is 5.56 Å². The number of aromatic carboxylic acids is 1. The van der Waals surface area contributed by atoms with E-state index in [4.69, 9.17) is 5.11 Å². The predicted octanol–water partition coefficient (Wildman–Crippen LogP) is 3.84. The van der Waals surface area contributed by atoms with E-state index in [0.717, 1.165) is 25.1 Å². The first-order chi connectivity index (χ1) is 10.6. The molecular weight excluding hydrogens is 274 g/mol. The standard InChI is InChI=1S/C19H23NO2/c1-20(14-6-5-9-16-7-3-2-4-8-16)15-17-10-12-18(13-11-17)19(21)22/h2-4,7-8,10-13H,5-6,9,14-15H2,1H3,(H,21,22). The highest BCUT2D eigenvalue weighted by molar-refractivity contribution is 5.87. The van der Waals surface area contributed by atoms with Crippen LogP contribution >= 0.6 is 0 Å². The van der Waals surface area contributed by atoms with Crippen LogP contribution in [0.1, 0.15) is 34.3 Å². The van der Waals surface area contributed by atoms with E-state index in [1.54, 1.807) is 12.1 Å². The van der Waals surface area contributed by atoms with Gasteiger partial charge in [0.25, 0.3) is 0 Å². The van der Waals surface area contributed by atoms with Crippen LogP contribution in [0.2, 0.25) is 0 Å². The minimum absolute atomic E-state index is 0.342. The third kappa shape index (κ3) is 5.34. The van der Waals surface area contributed by atoms with E-state index >= 15 is 0 Å². The number of carboxylic acid groups (broad SMARTS) is 1. The molecule has 116 valence electrons. The summed E-state index contributed by atoms with van der Waals surface area (Å²) >= 11 is 0. The number of carbonyl (C=O) groups is 1. The zero-order valence-corrected chi connectivity index (χ0v) is 13.0. The SMILES string of the molecule is CN(CCCCc1ccccc1)Cc1ccc(C(=O)O)cc1. The van der Waals surface area contributed by atoms with Crippen LogP contribution in [0, 0.1) is 0 Å². The van der Waals surface area contributed by atoms with Crippen molar-refractivity contribution in [2.75, 3.05) is 13.6 Å². The van der Waals surface area contributed by atoms with Gasteiger partial charge in [-0.3, -0.25) is 0 Å². The van der Waals surface area contributed by atoms with E-state index < -0.39 is 5.97 Å². The van der Waals surface area contributed by atoms with Crippen molar-refractivity contribution in [1.29, 1.82) is 0 Å². The number of hydrogen-bond acceptors (Lipinski definition) is 2. The van der Waals surface area contributed by atoms with Crippen LogP contribution in [0.5, 0.6) is 0 Å². The molecule has 2 aromatic rings. The number of rotatable bonds is 8. The van der Waals surface area contributed by atoms with Crippen LogP contribution in [0.25, 0.3) is 0 Å². The number of nitrogens with zero attached hydrogens (tertiary/aromatic N) is 1. The topological polar surface area (TPSA) is 40.5 Å². The molecule has 0 aromatic heterocycles. The zero-order chi connectivity index (χ0) is 15.8. The fourth-order valence-electron chi connectivity index (χ4n) is 2.50. The molecule has 0 unspecified atom stereocenters. The number of benzene rings is 2.